The number of carbonyl (C=O) groups is 1. The summed E-state index contributed by atoms with van der Waals surface area (Å²) in [6.45, 7) is 3.80. The summed E-state index contributed by atoms with van der Waals surface area (Å²) < 4.78 is 26.4. The molecule has 3 nitrogen and oxygen atoms in total. The molecule has 1 aromatic carbocycles. The summed E-state index contributed by atoms with van der Waals surface area (Å²) in [5.41, 5.74) is -0.525. The lowest BCUT2D eigenvalue weighted by Crippen LogP contribution is -2.33. The van der Waals surface area contributed by atoms with Crippen LogP contribution >= 0.6 is 0 Å². The Morgan fingerprint density at radius 3 is 2.41 bits per heavy atom. The summed E-state index contributed by atoms with van der Waals surface area (Å²) in [5, 5.41) is 5.53. The van der Waals surface area contributed by atoms with Crippen molar-refractivity contribution in [1.29, 1.82) is 0 Å². The Morgan fingerprint density at radius 2 is 1.82 bits per heavy atom. The van der Waals surface area contributed by atoms with Crippen molar-refractivity contribution < 1.29 is 13.6 Å². The summed E-state index contributed by atoms with van der Waals surface area (Å²) in [6.07, 6.45) is 0.996. The van der Waals surface area contributed by atoms with Crippen LogP contribution in [0.5, 0.6) is 0 Å². The lowest BCUT2D eigenvalue weighted by atomic mass is 10.2. The van der Waals surface area contributed by atoms with Gasteiger partial charge >= 0.3 is 0 Å². The summed E-state index contributed by atoms with van der Waals surface area (Å²) in [6, 6.07) is 3.35. The maximum absolute atomic E-state index is 13.2. The SMILES string of the molecule is CCCNCCNC(=O)c1c(F)cccc1F. The van der Waals surface area contributed by atoms with Crippen molar-refractivity contribution in [3.63, 3.8) is 0 Å². The molecular weight excluding hydrogens is 226 g/mol. The summed E-state index contributed by atoms with van der Waals surface area (Å²) in [4.78, 5) is 11.5. The molecule has 1 aromatic rings. The molecule has 17 heavy (non-hydrogen) atoms. The van der Waals surface area contributed by atoms with Crippen LogP contribution in [0.2, 0.25) is 0 Å². The first-order chi connectivity index (χ1) is 8.16. The van der Waals surface area contributed by atoms with Gasteiger partial charge in [-0.1, -0.05) is 13.0 Å². The van der Waals surface area contributed by atoms with Crippen molar-refractivity contribution in [2.24, 2.45) is 0 Å². The normalized spacial score (nSPS) is 10.3. The number of rotatable bonds is 6. The molecule has 5 heteroatoms. The van der Waals surface area contributed by atoms with Crippen LogP contribution in [0.25, 0.3) is 0 Å². The van der Waals surface area contributed by atoms with Gasteiger partial charge in [-0.05, 0) is 25.1 Å². The molecule has 0 aliphatic heterocycles. The Kier molecular flexibility index (Phi) is 5.56. The van der Waals surface area contributed by atoms with Crippen molar-refractivity contribution in [2.45, 2.75) is 13.3 Å². The number of nitrogens with one attached hydrogen (secondary N) is 2. The van der Waals surface area contributed by atoms with E-state index >= 15 is 0 Å². The predicted molar refractivity (Wildman–Crippen MR) is 61.9 cm³/mol. The maximum Gasteiger partial charge on any atom is 0.257 e. The number of amides is 1. The molecule has 94 valence electrons. The standard InChI is InChI=1S/C12H16F2N2O/c1-2-6-15-7-8-16-12(17)11-9(13)4-3-5-10(11)14/h3-5,15H,2,6-8H2,1H3,(H,16,17). The van der Waals surface area contributed by atoms with Gasteiger partial charge in [0.05, 0.1) is 0 Å². The first-order valence-corrected chi connectivity index (χ1v) is 5.59. The van der Waals surface area contributed by atoms with Gasteiger partial charge in [0.15, 0.2) is 0 Å². The van der Waals surface area contributed by atoms with Gasteiger partial charge in [-0.3, -0.25) is 4.79 Å². The zero-order valence-electron chi connectivity index (χ0n) is 9.72. The molecule has 0 aliphatic rings. The van der Waals surface area contributed by atoms with E-state index in [1.807, 2.05) is 6.92 Å². The fraction of sp³-hybridized carbons (Fsp3) is 0.417. The molecule has 0 heterocycles. The van der Waals surface area contributed by atoms with Crippen LogP contribution in [0.3, 0.4) is 0 Å². The van der Waals surface area contributed by atoms with Gasteiger partial charge in [0.2, 0.25) is 0 Å². The van der Waals surface area contributed by atoms with E-state index in [0.717, 1.165) is 25.1 Å². The second kappa shape index (κ2) is 6.96. The molecule has 1 amide bonds. The number of halogens is 2. The molecule has 0 saturated carbocycles. The molecule has 0 spiro atoms. The lowest BCUT2D eigenvalue weighted by Gasteiger charge is -2.07. The lowest BCUT2D eigenvalue weighted by molar-refractivity contribution is 0.0945. The first kappa shape index (κ1) is 13.6. The minimum atomic E-state index is -0.844. The molecule has 0 bridgehead atoms. The molecule has 0 aromatic heterocycles. The van der Waals surface area contributed by atoms with E-state index in [4.69, 9.17) is 0 Å². The molecule has 1 rings (SSSR count). The smallest absolute Gasteiger partial charge is 0.257 e. The van der Waals surface area contributed by atoms with Crippen LogP contribution in [0, 0.1) is 11.6 Å². The van der Waals surface area contributed by atoms with E-state index in [9.17, 15) is 13.6 Å². The van der Waals surface area contributed by atoms with Gasteiger partial charge < -0.3 is 10.6 Å². The number of carbonyl (C=O) groups excluding carboxylic acids is 1. The van der Waals surface area contributed by atoms with Crippen molar-refractivity contribution in [2.75, 3.05) is 19.6 Å². The highest BCUT2D eigenvalue weighted by atomic mass is 19.1. The molecular formula is C12H16F2N2O. The van der Waals surface area contributed by atoms with Crippen LogP contribution in [0.15, 0.2) is 18.2 Å². The van der Waals surface area contributed by atoms with Crippen molar-refractivity contribution in [3.05, 3.63) is 35.4 Å². The molecule has 0 aliphatic carbocycles. The number of hydrogen-bond donors (Lipinski definition) is 2. The van der Waals surface area contributed by atoms with Gasteiger partial charge in [0, 0.05) is 13.1 Å². The van der Waals surface area contributed by atoms with Gasteiger partial charge in [-0.2, -0.15) is 0 Å². The topological polar surface area (TPSA) is 41.1 Å². The van der Waals surface area contributed by atoms with Crippen LogP contribution in [-0.2, 0) is 0 Å². The molecule has 2 N–H and O–H groups in total. The predicted octanol–water partition coefficient (Wildman–Crippen LogP) is 1.69. The van der Waals surface area contributed by atoms with Gasteiger partial charge in [-0.15, -0.1) is 0 Å². The third-order valence-electron chi connectivity index (χ3n) is 2.20. The third-order valence-corrected chi connectivity index (χ3v) is 2.20. The third kappa shape index (κ3) is 4.11. The molecule has 0 saturated heterocycles. The van der Waals surface area contributed by atoms with Crippen molar-refractivity contribution in [1.82, 2.24) is 10.6 Å². The number of hydrogen-bond acceptors (Lipinski definition) is 2. The van der Waals surface area contributed by atoms with Crippen LogP contribution in [-0.4, -0.2) is 25.5 Å². The van der Waals surface area contributed by atoms with Gasteiger partial charge in [0.25, 0.3) is 5.91 Å². The van der Waals surface area contributed by atoms with Gasteiger partial charge in [-0.25, -0.2) is 8.78 Å². The summed E-state index contributed by atoms with van der Waals surface area (Å²) in [7, 11) is 0. The minimum absolute atomic E-state index is 0.340. The second-order valence-corrected chi connectivity index (χ2v) is 3.60. The zero-order chi connectivity index (χ0) is 12.7. The Labute approximate surface area is 99.2 Å². The average Bonchev–Trinajstić information content (AvgIpc) is 2.28. The van der Waals surface area contributed by atoms with E-state index in [0.29, 0.717) is 13.1 Å². The molecule has 0 unspecified atom stereocenters. The summed E-state index contributed by atoms with van der Waals surface area (Å²) >= 11 is 0. The monoisotopic (exact) mass is 242 g/mol. The Balaban J connectivity index is 2.47. The van der Waals surface area contributed by atoms with Crippen molar-refractivity contribution in [3.8, 4) is 0 Å². The van der Waals surface area contributed by atoms with E-state index < -0.39 is 23.1 Å². The van der Waals surface area contributed by atoms with E-state index in [-0.39, 0.29) is 0 Å². The summed E-state index contributed by atoms with van der Waals surface area (Å²) in [5.74, 6) is -2.41. The second-order valence-electron chi connectivity index (χ2n) is 3.60. The van der Waals surface area contributed by atoms with E-state index in [2.05, 4.69) is 10.6 Å². The highest BCUT2D eigenvalue weighted by molar-refractivity contribution is 5.94. The molecule has 0 atom stereocenters. The van der Waals surface area contributed by atoms with Crippen LogP contribution < -0.4 is 10.6 Å². The first-order valence-electron chi connectivity index (χ1n) is 5.59. The van der Waals surface area contributed by atoms with E-state index in [1.54, 1.807) is 0 Å². The molecule has 0 fully saturated rings. The highest BCUT2D eigenvalue weighted by Gasteiger charge is 2.15. The quantitative estimate of drug-likeness (QED) is 0.745. The number of benzene rings is 1. The minimum Gasteiger partial charge on any atom is -0.351 e. The highest BCUT2D eigenvalue weighted by Crippen LogP contribution is 2.11. The maximum atomic E-state index is 13.2. The Bertz CT molecular complexity index is 363. The largest absolute Gasteiger partial charge is 0.351 e. The van der Waals surface area contributed by atoms with Crippen LogP contribution in [0.4, 0.5) is 8.78 Å². The average molecular weight is 242 g/mol. The van der Waals surface area contributed by atoms with Crippen molar-refractivity contribution >= 4 is 5.91 Å². The van der Waals surface area contributed by atoms with Crippen LogP contribution in [0.1, 0.15) is 23.7 Å². The molecule has 0 radical (unpaired) electrons. The fourth-order valence-electron chi connectivity index (χ4n) is 1.37. The Morgan fingerprint density at radius 1 is 1.18 bits per heavy atom. The van der Waals surface area contributed by atoms with E-state index in [1.165, 1.54) is 6.07 Å². The van der Waals surface area contributed by atoms with Gasteiger partial charge in [0.1, 0.15) is 17.2 Å². The fourth-order valence-corrected chi connectivity index (χ4v) is 1.37. The zero-order valence-corrected chi connectivity index (χ0v) is 9.72. The Hall–Kier alpha value is -1.49.